The SMILES string of the molecule is CCCCN(C(=O)C(CCC(N)=O)NC(=O)OC(C)(C)C)C(C(=O)Nc1ccc2ccccc2c1)c1cc(C)cc(C)c1. The molecule has 0 aromatic heterocycles. The summed E-state index contributed by atoms with van der Waals surface area (Å²) in [6.07, 6.45) is 0.411. The standard InChI is InChI=1S/C34H44N4O5/c1-7-8-17-38(32(41)28(15-16-29(35)39)37-33(42)43-34(4,5)6)30(26-19-22(2)18-23(3)20-26)31(40)36-27-14-13-24-11-9-10-12-25(24)21-27/h9-14,18-21,28,30H,7-8,15-17H2,1-6H3,(H2,35,39)(H,36,40)(H,37,42). The Hall–Kier alpha value is -4.40. The summed E-state index contributed by atoms with van der Waals surface area (Å²) in [6.45, 7) is 11.3. The fourth-order valence-corrected chi connectivity index (χ4v) is 5.01. The van der Waals surface area contributed by atoms with E-state index in [1.165, 1.54) is 4.90 Å². The van der Waals surface area contributed by atoms with Crippen LogP contribution in [0.5, 0.6) is 0 Å². The molecule has 0 saturated carbocycles. The Bertz CT molecular complexity index is 1440. The molecule has 3 rings (SSSR count). The van der Waals surface area contributed by atoms with Crippen molar-refractivity contribution in [1.29, 1.82) is 0 Å². The van der Waals surface area contributed by atoms with Crippen molar-refractivity contribution in [3.63, 3.8) is 0 Å². The van der Waals surface area contributed by atoms with Gasteiger partial charge in [-0.2, -0.15) is 0 Å². The summed E-state index contributed by atoms with van der Waals surface area (Å²) in [5.41, 5.74) is 7.74. The first-order valence-corrected chi connectivity index (χ1v) is 14.7. The summed E-state index contributed by atoms with van der Waals surface area (Å²) in [6, 6.07) is 17.1. The van der Waals surface area contributed by atoms with Crippen LogP contribution >= 0.6 is 0 Å². The molecule has 2 unspecified atom stereocenters. The Morgan fingerprint density at radius 2 is 1.58 bits per heavy atom. The van der Waals surface area contributed by atoms with E-state index in [1.807, 2.05) is 81.4 Å². The lowest BCUT2D eigenvalue weighted by atomic mass is 9.97. The third-order valence-corrected chi connectivity index (χ3v) is 6.84. The highest BCUT2D eigenvalue weighted by molar-refractivity contribution is 6.00. The molecule has 0 spiro atoms. The Morgan fingerprint density at radius 3 is 2.19 bits per heavy atom. The van der Waals surface area contributed by atoms with Crippen LogP contribution in [0, 0.1) is 13.8 Å². The average Bonchev–Trinajstić information content (AvgIpc) is 2.91. The number of alkyl carbamates (subject to hydrolysis) is 1. The Kier molecular flexibility index (Phi) is 11.3. The Morgan fingerprint density at radius 1 is 0.930 bits per heavy atom. The molecule has 0 saturated heterocycles. The number of aryl methyl sites for hydroxylation is 2. The van der Waals surface area contributed by atoms with Crippen LogP contribution in [0.3, 0.4) is 0 Å². The minimum atomic E-state index is -1.14. The topological polar surface area (TPSA) is 131 Å². The first-order chi connectivity index (χ1) is 20.3. The van der Waals surface area contributed by atoms with Gasteiger partial charge in [-0.1, -0.05) is 73.0 Å². The lowest BCUT2D eigenvalue weighted by Crippen LogP contribution is -2.52. The summed E-state index contributed by atoms with van der Waals surface area (Å²) in [4.78, 5) is 54.5. The van der Waals surface area contributed by atoms with Gasteiger partial charge in [-0.3, -0.25) is 14.4 Å². The largest absolute Gasteiger partial charge is 0.444 e. The maximum Gasteiger partial charge on any atom is 0.408 e. The fraction of sp³-hybridized carbons (Fsp3) is 0.412. The monoisotopic (exact) mass is 588 g/mol. The van der Waals surface area contributed by atoms with Gasteiger partial charge in [-0.25, -0.2) is 4.79 Å². The number of carbonyl (C=O) groups excluding carboxylic acids is 4. The highest BCUT2D eigenvalue weighted by atomic mass is 16.6. The van der Waals surface area contributed by atoms with E-state index < -0.39 is 41.5 Å². The van der Waals surface area contributed by atoms with Gasteiger partial charge in [-0.05, 0) is 75.9 Å². The summed E-state index contributed by atoms with van der Waals surface area (Å²) in [7, 11) is 0. The number of nitrogens with one attached hydrogen (secondary N) is 2. The second kappa shape index (κ2) is 14.7. The Balaban J connectivity index is 2.06. The first kappa shape index (κ1) is 33.1. The molecular formula is C34H44N4O5. The number of anilines is 1. The van der Waals surface area contributed by atoms with Crippen molar-refractivity contribution in [1.82, 2.24) is 10.2 Å². The molecule has 0 aliphatic rings. The number of amides is 4. The number of ether oxygens (including phenoxy) is 1. The molecule has 3 aromatic carbocycles. The number of hydrogen-bond donors (Lipinski definition) is 3. The van der Waals surface area contributed by atoms with Crippen LogP contribution in [0.1, 0.15) is 76.1 Å². The van der Waals surface area contributed by atoms with E-state index >= 15 is 0 Å². The highest BCUT2D eigenvalue weighted by Gasteiger charge is 2.36. The van der Waals surface area contributed by atoms with Gasteiger partial charge < -0.3 is 26.0 Å². The van der Waals surface area contributed by atoms with Crippen molar-refractivity contribution < 1.29 is 23.9 Å². The van der Waals surface area contributed by atoms with Gasteiger partial charge in [0, 0.05) is 18.7 Å². The molecule has 9 heteroatoms. The van der Waals surface area contributed by atoms with E-state index in [4.69, 9.17) is 10.5 Å². The third-order valence-electron chi connectivity index (χ3n) is 6.84. The summed E-state index contributed by atoms with van der Waals surface area (Å²) in [5, 5.41) is 7.66. The molecule has 0 radical (unpaired) electrons. The molecule has 3 aromatic rings. The average molecular weight is 589 g/mol. The predicted molar refractivity (Wildman–Crippen MR) is 169 cm³/mol. The fourth-order valence-electron chi connectivity index (χ4n) is 5.01. The lowest BCUT2D eigenvalue weighted by Gasteiger charge is -2.35. The zero-order valence-electron chi connectivity index (χ0n) is 26.0. The maximum atomic E-state index is 14.3. The van der Waals surface area contributed by atoms with Gasteiger partial charge in [0.05, 0.1) is 0 Å². The summed E-state index contributed by atoms with van der Waals surface area (Å²) < 4.78 is 5.41. The number of nitrogens with two attached hydrogens (primary N) is 1. The van der Waals surface area contributed by atoms with E-state index in [-0.39, 0.29) is 19.4 Å². The van der Waals surface area contributed by atoms with Gasteiger partial charge in [0.25, 0.3) is 5.91 Å². The van der Waals surface area contributed by atoms with Crippen molar-refractivity contribution in [3.8, 4) is 0 Å². The van der Waals surface area contributed by atoms with E-state index in [0.29, 0.717) is 17.7 Å². The number of primary amides is 1. The maximum absolute atomic E-state index is 14.3. The van der Waals surface area contributed by atoms with Crippen LogP contribution in [0.15, 0.2) is 60.7 Å². The number of nitrogens with zero attached hydrogens (tertiary/aromatic N) is 1. The second-order valence-electron chi connectivity index (χ2n) is 12.0. The minimum absolute atomic E-state index is 0.0398. The van der Waals surface area contributed by atoms with Crippen LogP contribution in [0.4, 0.5) is 10.5 Å². The third kappa shape index (κ3) is 9.84. The van der Waals surface area contributed by atoms with Crippen LogP contribution in [0.25, 0.3) is 10.8 Å². The lowest BCUT2D eigenvalue weighted by molar-refractivity contribution is -0.141. The molecule has 4 N–H and O–H groups in total. The van der Waals surface area contributed by atoms with E-state index in [2.05, 4.69) is 10.6 Å². The minimum Gasteiger partial charge on any atom is -0.444 e. The molecule has 43 heavy (non-hydrogen) atoms. The van der Waals surface area contributed by atoms with Gasteiger partial charge >= 0.3 is 6.09 Å². The molecule has 0 bridgehead atoms. The number of hydrogen-bond acceptors (Lipinski definition) is 5. The summed E-state index contributed by atoms with van der Waals surface area (Å²) in [5.74, 6) is -1.50. The summed E-state index contributed by atoms with van der Waals surface area (Å²) >= 11 is 0. The number of unbranched alkanes of at least 4 members (excludes halogenated alkanes) is 1. The zero-order chi connectivity index (χ0) is 31.7. The molecule has 4 amide bonds. The molecule has 230 valence electrons. The number of benzene rings is 3. The predicted octanol–water partition coefficient (Wildman–Crippen LogP) is 5.92. The van der Waals surface area contributed by atoms with Crippen molar-refractivity contribution in [2.24, 2.45) is 5.73 Å². The number of carbonyl (C=O) groups is 4. The van der Waals surface area contributed by atoms with Crippen LogP contribution < -0.4 is 16.4 Å². The number of fused-ring (bicyclic) bond motifs is 1. The second-order valence-corrected chi connectivity index (χ2v) is 12.0. The molecular weight excluding hydrogens is 544 g/mol. The molecule has 2 atom stereocenters. The Labute approximate surface area is 254 Å². The van der Waals surface area contributed by atoms with E-state index in [9.17, 15) is 19.2 Å². The molecule has 0 fully saturated rings. The van der Waals surface area contributed by atoms with Crippen molar-refractivity contribution in [2.45, 2.75) is 84.9 Å². The van der Waals surface area contributed by atoms with Gasteiger partial charge in [-0.15, -0.1) is 0 Å². The number of rotatable bonds is 12. The smallest absolute Gasteiger partial charge is 0.408 e. The first-order valence-electron chi connectivity index (χ1n) is 14.7. The quantitative estimate of drug-likeness (QED) is 0.242. The van der Waals surface area contributed by atoms with Crippen molar-refractivity contribution in [3.05, 3.63) is 77.4 Å². The normalized spacial score (nSPS) is 12.7. The van der Waals surface area contributed by atoms with Crippen LogP contribution in [0.2, 0.25) is 0 Å². The highest BCUT2D eigenvalue weighted by Crippen LogP contribution is 2.28. The van der Waals surface area contributed by atoms with Crippen LogP contribution in [-0.4, -0.2) is 46.9 Å². The zero-order valence-corrected chi connectivity index (χ0v) is 26.0. The molecule has 9 nitrogen and oxygen atoms in total. The van der Waals surface area contributed by atoms with E-state index in [0.717, 1.165) is 28.3 Å². The van der Waals surface area contributed by atoms with Crippen molar-refractivity contribution in [2.75, 3.05) is 11.9 Å². The van der Waals surface area contributed by atoms with Crippen molar-refractivity contribution >= 4 is 40.3 Å². The molecule has 0 heterocycles. The van der Waals surface area contributed by atoms with Gasteiger partial charge in [0.15, 0.2) is 0 Å². The molecule has 0 aliphatic heterocycles. The molecule has 0 aliphatic carbocycles. The van der Waals surface area contributed by atoms with Gasteiger partial charge in [0.2, 0.25) is 11.8 Å². The van der Waals surface area contributed by atoms with E-state index in [1.54, 1.807) is 20.8 Å². The van der Waals surface area contributed by atoms with Crippen LogP contribution in [-0.2, 0) is 19.1 Å². The van der Waals surface area contributed by atoms with Gasteiger partial charge in [0.1, 0.15) is 17.7 Å².